The van der Waals surface area contributed by atoms with Crippen LogP contribution in [0.1, 0.15) is 24.2 Å². The predicted molar refractivity (Wildman–Crippen MR) is 67.8 cm³/mol. The largest absolute Gasteiger partial charge is 0.489 e. The number of benzene rings is 2. The van der Waals surface area contributed by atoms with Crippen molar-refractivity contribution in [3.8, 4) is 5.75 Å². The normalized spacial score (nSPS) is 12.1. The maximum atomic E-state index is 9.38. The van der Waals surface area contributed by atoms with Crippen LogP contribution < -0.4 is 4.74 Å². The molecule has 0 saturated carbocycles. The third kappa shape index (κ3) is 3.33. The minimum atomic E-state index is -0.432. The SMILES string of the molecule is C[C@@H](O)c1ccc(OCc2ccccc2)cc1. The molecule has 0 bridgehead atoms. The quantitative estimate of drug-likeness (QED) is 0.869. The summed E-state index contributed by atoms with van der Waals surface area (Å²) in [6.07, 6.45) is -0.432. The van der Waals surface area contributed by atoms with Crippen LogP contribution in [-0.4, -0.2) is 5.11 Å². The minimum Gasteiger partial charge on any atom is -0.489 e. The molecule has 88 valence electrons. The van der Waals surface area contributed by atoms with Gasteiger partial charge in [0.2, 0.25) is 0 Å². The summed E-state index contributed by atoms with van der Waals surface area (Å²) in [5, 5.41) is 9.38. The first-order chi connectivity index (χ1) is 8.25. The van der Waals surface area contributed by atoms with Crippen molar-refractivity contribution < 1.29 is 9.84 Å². The zero-order chi connectivity index (χ0) is 12.1. The third-order valence-electron chi connectivity index (χ3n) is 2.61. The maximum absolute atomic E-state index is 9.38. The molecule has 2 rings (SSSR count). The summed E-state index contributed by atoms with van der Waals surface area (Å²) in [4.78, 5) is 0. The van der Waals surface area contributed by atoms with E-state index in [1.165, 1.54) is 0 Å². The number of hydrogen-bond acceptors (Lipinski definition) is 2. The van der Waals surface area contributed by atoms with Crippen LogP contribution in [0.5, 0.6) is 5.75 Å². The van der Waals surface area contributed by atoms with Gasteiger partial charge in [0.25, 0.3) is 0 Å². The molecule has 0 aliphatic heterocycles. The van der Waals surface area contributed by atoms with Crippen LogP contribution >= 0.6 is 0 Å². The van der Waals surface area contributed by atoms with Gasteiger partial charge in [-0.1, -0.05) is 42.5 Å². The lowest BCUT2D eigenvalue weighted by molar-refractivity contribution is 0.199. The molecule has 2 aromatic carbocycles. The molecule has 1 atom stereocenters. The monoisotopic (exact) mass is 228 g/mol. The average Bonchev–Trinajstić information content (AvgIpc) is 2.38. The number of aliphatic hydroxyl groups is 1. The van der Waals surface area contributed by atoms with Gasteiger partial charge in [-0.3, -0.25) is 0 Å². The number of aliphatic hydroxyl groups excluding tert-OH is 1. The van der Waals surface area contributed by atoms with Crippen molar-refractivity contribution in [1.82, 2.24) is 0 Å². The van der Waals surface area contributed by atoms with Gasteiger partial charge in [-0.25, -0.2) is 0 Å². The van der Waals surface area contributed by atoms with E-state index in [1.54, 1.807) is 6.92 Å². The van der Waals surface area contributed by atoms with Crippen LogP contribution in [0.4, 0.5) is 0 Å². The fourth-order valence-electron chi connectivity index (χ4n) is 1.58. The first kappa shape index (κ1) is 11.7. The van der Waals surface area contributed by atoms with Gasteiger partial charge in [0.15, 0.2) is 0 Å². The van der Waals surface area contributed by atoms with E-state index in [9.17, 15) is 5.11 Å². The van der Waals surface area contributed by atoms with E-state index in [1.807, 2.05) is 54.6 Å². The van der Waals surface area contributed by atoms with Gasteiger partial charge >= 0.3 is 0 Å². The van der Waals surface area contributed by atoms with Crippen molar-refractivity contribution in [2.45, 2.75) is 19.6 Å². The molecule has 0 aromatic heterocycles. The Morgan fingerprint density at radius 1 is 1.00 bits per heavy atom. The molecule has 2 aromatic rings. The molecule has 0 spiro atoms. The molecule has 1 N–H and O–H groups in total. The smallest absolute Gasteiger partial charge is 0.119 e. The van der Waals surface area contributed by atoms with Crippen LogP contribution in [0.3, 0.4) is 0 Å². The Bertz CT molecular complexity index is 446. The Labute approximate surface area is 101 Å². The first-order valence-corrected chi connectivity index (χ1v) is 5.70. The lowest BCUT2D eigenvalue weighted by Gasteiger charge is -2.08. The van der Waals surface area contributed by atoms with Crippen LogP contribution in [0.2, 0.25) is 0 Å². The van der Waals surface area contributed by atoms with Crippen LogP contribution in [0, 0.1) is 0 Å². The molecular formula is C15H16O2. The maximum Gasteiger partial charge on any atom is 0.119 e. The zero-order valence-corrected chi connectivity index (χ0v) is 9.84. The van der Waals surface area contributed by atoms with E-state index in [4.69, 9.17) is 4.74 Å². The van der Waals surface area contributed by atoms with E-state index in [0.29, 0.717) is 6.61 Å². The highest BCUT2D eigenvalue weighted by Crippen LogP contribution is 2.18. The van der Waals surface area contributed by atoms with Gasteiger partial charge in [-0.2, -0.15) is 0 Å². The van der Waals surface area contributed by atoms with Crippen LogP contribution in [0.15, 0.2) is 54.6 Å². The van der Waals surface area contributed by atoms with Crippen molar-refractivity contribution in [2.75, 3.05) is 0 Å². The molecule has 0 radical (unpaired) electrons. The van der Waals surface area contributed by atoms with E-state index in [2.05, 4.69) is 0 Å². The second kappa shape index (κ2) is 5.51. The van der Waals surface area contributed by atoms with Gasteiger partial charge in [-0.05, 0) is 30.2 Å². The molecule has 17 heavy (non-hydrogen) atoms. The van der Waals surface area contributed by atoms with Crippen molar-refractivity contribution in [1.29, 1.82) is 0 Å². The Morgan fingerprint density at radius 2 is 1.65 bits per heavy atom. The van der Waals surface area contributed by atoms with Crippen molar-refractivity contribution in [3.05, 3.63) is 65.7 Å². The lowest BCUT2D eigenvalue weighted by atomic mass is 10.1. The number of hydrogen-bond donors (Lipinski definition) is 1. The summed E-state index contributed by atoms with van der Waals surface area (Å²) in [6.45, 7) is 2.31. The zero-order valence-electron chi connectivity index (χ0n) is 9.84. The van der Waals surface area contributed by atoms with E-state index >= 15 is 0 Å². The van der Waals surface area contributed by atoms with Gasteiger partial charge < -0.3 is 9.84 Å². The van der Waals surface area contributed by atoms with E-state index < -0.39 is 6.10 Å². The molecule has 2 heteroatoms. The molecule has 0 aliphatic carbocycles. The number of ether oxygens (including phenoxy) is 1. The van der Waals surface area contributed by atoms with Crippen LogP contribution in [-0.2, 0) is 6.61 Å². The summed E-state index contributed by atoms with van der Waals surface area (Å²) in [5.41, 5.74) is 2.05. The minimum absolute atomic E-state index is 0.432. The van der Waals surface area contributed by atoms with Crippen molar-refractivity contribution in [3.63, 3.8) is 0 Å². The highest BCUT2D eigenvalue weighted by atomic mass is 16.5. The highest BCUT2D eigenvalue weighted by molar-refractivity contribution is 5.28. The predicted octanol–water partition coefficient (Wildman–Crippen LogP) is 3.32. The molecule has 0 aliphatic rings. The summed E-state index contributed by atoms with van der Waals surface area (Å²) >= 11 is 0. The van der Waals surface area contributed by atoms with Crippen molar-refractivity contribution in [2.24, 2.45) is 0 Å². The second-order valence-electron chi connectivity index (χ2n) is 4.02. The highest BCUT2D eigenvalue weighted by Gasteiger charge is 2.00. The van der Waals surface area contributed by atoms with Crippen molar-refractivity contribution >= 4 is 0 Å². The Hall–Kier alpha value is -1.80. The second-order valence-corrected chi connectivity index (χ2v) is 4.02. The van der Waals surface area contributed by atoms with Gasteiger partial charge in [0.1, 0.15) is 12.4 Å². The Balaban J connectivity index is 1.96. The summed E-state index contributed by atoms with van der Waals surface area (Å²) in [5.74, 6) is 0.818. The summed E-state index contributed by atoms with van der Waals surface area (Å²) < 4.78 is 5.65. The molecule has 0 heterocycles. The first-order valence-electron chi connectivity index (χ1n) is 5.70. The summed E-state index contributed by atoms with van der Waals surface area (Å²) in [7, 11) is 0. The van der Waals surface area contributed by atoms with Gasteiger partial charge in [0.05, 0.1) is 6.10 Å². The topological polar surface area (TPSA) is 29.5 Å². The molecule has 0 amide bonds. The van der Waals surface area contributed by atoms with Crippen LogP contribution in [0.25, 0.3) is 0 Å². The number of rotatable bonds is 4. The summed E-state index contributed by atoms with van der Waals surface area (Å²) in [6, 6.07) is 17.6. The average molecular weight is 228 g/mol. The molecule has 0 unspecified atom stereocenters. The molecule has 0 fully saturated rings. The third-order valence-corrected chi connectivity index (χ3v) is 2.61. The molecule has 0 saturated heterocycles. The van der Waals surface area contributed by atoms with Gasteiger partial charge in [0, 0.05) is 0 Å². The molecule has 2 nitrogen and oxygen atoms in total. The van der Waals surface area contributed by atoms with Gasteiger partial charge in [-0.15, -0.1) is 0 Å². The fourth-order valence-corrected chi connectivity index (χ4v) is 1.58. The Kier molecular flexibility index (Phi) is 3.78. The lowest BCUT2D eigenvalue weighted by Crippen LogP contribution is -1.96. The standard InChI is InChI=1S/C15H16O2/c1-12(16)14-7-9-15(10-8-14)17-11-13-5-3-2-4-6-13/h2-10,12,16H,11H2,1H3/t12-/m1/s1. The Morgan fingerprint density at radius 3 is 2.24 bits per heavy atom. The molecular weight excluding hydrogens is 212 g/mol. The van der Waals surface area contributed by atoms with E-state index in [-0.39, 0.29) is 0 Å². The van der Waals surface area contributed by atoms with E-state index in [0.717, 1.165) is 16.9 Å². The fraction of sp³-hybridized carbons (Fsp3) is 0.200.